The first-order chi connectivity index (χ1) is 16.8. The van der Waals surface area contributed by atoms with E-state index in [2.05, 4.69) is 29.6 Å². The molecular formula is C29H33FN2O2S. The predicted octanol–water partition coefficient (Wildman–Crippen LogP) is 5.53. The van der Waals surface area contributed by atoms with Gasteiger partial charge in [-0.15, -0.1) is 11.8 Å². The topological polar surface area (TPSA) is 49.4 Å². The number of carbonyl (C=O) groups excluding carboxylic acids is 2. The van der Waals surface area contributed by atoms with Crippen LogP contribution < -0.4 is 5.32 Å². The summed E-state index contributed by atoms with van der Waals surface area (Å²) >= 11 is 1.53. The monoisotopic (exact) mass is 492 g/mol. The second-order valence-corrected chi connectivity index (χ2v) is 9.98. The van der Waals surface area contributed by atoms with E-state index < -0.39 is 6.04 Å². The number of nitrogens with one attached hydrogen (secondary N) is 1. The van der Waals surface area contributed by atoms with Gasteiger partial charge in [0.05, 0.1) is 5.75 Å². The first-order valence-corrected chi connectivity index (χ1v) is 13.0. The number of thioether (sulfide) groups is 1. The van der Waals surface area contributed by atoms with E-state index in [0.29, 0.717) is 12.2 Å². The van der Waals surface area contributed by atoms with Crippen molar-refractivity contribution in [1.29, 1.82) is 0 Å². The van der Waals surface area contributed by atoms with Gasteiger partial charge in [0.1, 0.15) is 11.9 Å². The Balaban J connectivity index is 1.83. The molecule has 2 amide bonds. The molecule has 0 aliphatic carbocycles. The number of rotatable bonds is 11. The fourth-order valence-electron chi connectivity index (χ4n) is 3.74. The van der Waals surface area contributed by atoms with Crippen LogP contribution >= 0.6 is 11.8 Å². The van der Waals surface area contributed by atoms with E-state index in [1.165, 1.54) is 29.5 Å². The maximum absolute atomic E-state index is 13.5. The lowest BCUT2D eigenvalue weighted by Crippen LogP contribution is -2.52. The summed E-state index contributed by atoms with van der Waals surface area (Å²) in [5.41, 5.74) is 4.09. The van der Waals surface area contributed by atoms with Crippen molar-refractivity contribution in [3.05, 3.63) is 107 Å². The van der Waals surface area contributed by atoms with Crippen molar-refractivity contribution in [2.75, 3.05) is 5.75 Å². The van der Waals surface area contributed by atoms with Gasteiger partial charge in [-0.2, -0.15) is 0 Å². The Morgan fingerprint density at radius 1 is 0.886 bits per heavy atom. The van der Waals surface area contributed by atoms with Crippen LogP contribution in [0.25, 0.3) is 0 Å². The number of amides is 2. The largest absolute Gasteiger partial charge is 0.352 e. The smallest absolute Gasteiger partial charge is 0.243 e. The summed E-state index contributed by atoms with van der Waals surface area (Å²) in [5.74, 6) is 0.306. The Hall–Kier alpha value is -3.12. The van der Waals surface area contributed by atoms with Crippen LogP contribution in [0, 0.1) is 12.7 Å². The van der Waals surface area contributed by atoms with Crippen LogP contribution in [0.1, 0.15) is 36.1 Å². The molecule has 0 unspecified atom stereocenters. The fourth-order valence-corrected chi connectivity index (χ4v) is 4.62. The van der Waals surface area contributed by atoms with E-state index in [1.807, 2.05) is 51.1 Å². The Morgan fingerprint density at radius 3 is 2.14 bits per heavy atom. The van der Waals surface area contributed by atoms with Crippen molar-refractivity contribution in [2.45, 2.75) is 51.6 Å². The van der Waals surface area contributed by atoms with Crippen LogP contribution in [0.15, 0.2) is 78.9 Å². The molecule has 0 radical (unpaired) electrons. The maximum Gasteiger partial charge on any atom is 0.243 e. The lowest BCUT2D eigenvalue weighted by molar-refractivity contribution is -0.139. The van der Waals surface area contributed by atoms with Crippen molar-refractivity contribution in [3.8, 4) is 0 Å². The molecule has 0 spiro atoms. The molecule has 0 aliphatic rings. The number of nitrogens with zero attached hydrogens (tertiary/aromatic N) is 1. The molecule has 0 aromatic heterocycles. The van der Waals surface area contributed by atoms with Crippen LogP contribution in [0.4, 0.5) is 4.39 Å². The fraction of sp³-hybridized carbons (Fsp3) is 0.310. The van der Waals surface area contributed by atoms with Crippen LogP contribution in [0.2, 0.25) is 0 Å². The summed E-state index contributed by atoms with van der Waals surface area (Å²) in [6, 6.07) is 23.3. The minimum absolute atomic E-state index is 0.0561. The van der Waals surface area contributed by atoms with Gasteiger partial charge in [-0.25, -0.2) is 4.39 Å². The highest BCUT2D eigenvalue weighted by molar-refractivity contribution is 7.99. The van der Waals surface area contributed by atoms with Crippen LogP contribution in [0.5, 0.6) is 0 Å². The van der Waals surface area contributed by atoms with Gasteiger partial charge >= 0.3 is 0 Å². The molecule has 1 N–H and O–H groups in total. The first-order valence-electron chi connectivity index (χ1n) is 11.8. The van der Waals surface area contributed by atoms with Gasteiger partial charge < -0.3 is 10.2 Å². The van der Waals surface area contributed by atoms with Gasteiger partial charge in [-0.1, -0.05) is 72.3 Å². The van der Waals surface area contributed by atoms with Crippen molar-refractivity contribution in [1.82, 2.24) is 10.2 Å². The van der Waals surface area contributed by atoms with E-state index in [9.17, 15) is 14.0 Å². The molecule has 3 aromatic rings. The highest BCUT2D eigenvalue weighted by Gasteiger charge is 2.30. The molecule has 0 aliphatic heterocycles. The summed E-state index contributed by atoms with van der Waals surface area (Å²) in [6.07, 6.45) is 0.398. The van der Waals surface area contributed by atoms with Gasteiger partial charge in [0.15, 0.2) is 0 Å². The van der Waals surface area contributed by atoms with Crippen molar-refractivity contribution >= 4 is 23.6 Å². The number of aryl methyl sites for hydroxylation is 1. The summed E-state index contributed by atoms with van der Waals surface area (Å²) in [6.45, 7) is 6.08. The molecule has 3 aromatic carbocycles. The zero-order chi connectivity index (χ0) is 25.2. The molecule has 3 rings (SSSR count). The third-order valence-corrected chi connectivity index (χ3v) is 6.57. The number of halogens is 1. The van der Waals surface area contributed by atoms with Gasteiger partial charge in [0, 0.05) is 24.8 Å². The van der Waals surface area contributed by atoms with Crippen molar-refractivity contribution in [3.63, 3.8) is 0 Å². The van der Waals surface area contributed by atoms with Gasteiger partial charge in [0.25, 0.3) is 0 Å². The van der Waals surface area contributed by atoms with Gasteiger partial charge in [0.2, 0.25) is 11.8 Å². The zero-order valence-corrected chi connectivity index (χ0v) is 21.4. The maximum atomic E-state index is 13.5. The van der Waals surface area contributed by atoms with Crippen LogP contribution in [-0.2, 0) is 28.3 Å². The molecule has 35 heavy (non-hydrogen) atoms. The van der Waals surface area contributed by atoms with Crippen LogP contribution in [-0.4, -0.2) is 34.6 Å². The van der Waals surface area contributed by atoms with Gasteiger partial charge in [-0.3, -0.25) is 9.59 Å². The van der Waals surface area contributed by atoms with E-state index in [1.54, 1.807) is 17.0 Å². The third kappa shape index (κ3) is 8.55. The standard InChI is InChI=1S/C29H33FN2O2S/c1-21(2)31-29(34)27(17-23-7-5-4-6-8-23)32(18-24-13-15-26(30)16-14-24)28(33)20-35-19-25-11-9-22(3)10-12-25/h4-16,21,27H,17-20H2,1-3H3,(H,31,34)/t27-/m0/s1. The molecular weight excluding hydrogens is 459 g/mol. The Kier molecular flexibility index (Phi) is 9.91. The Morgan fingerprint density at radius 2 is 1.51 bits per heavy atom. The Labute approximate surface area is 211 Å². The quantitative estimate of drug-likeness (QED) is 0.383. The molecule has 0 heterocycles. The molecule has 0 bridgehead atoms. The molecule has 1 atom stereocenters. The molecule has 184 valence electrons. The molecule has 0 saturated heterocycles. The summed E-state index contributed by atoms with van der Waals surface area (Å²) < 4.78 is 13.5. The SMILES string of the molecule is Cc1ccc(CSCC(=O)N(Cc2ccc(F)cc2)[C@@H](Cc2ccccc2)C(=O)NC(C)C)cc1. The molecule has 4 nitrogen and oxygen atoms in total. The number of hydrogen-bond acceptors (Lipinski definition) is 3. The highest BCUT2D eigenvalue weighted by Crippen LogP contribution is 2.19. The number of carbonyl (C=O) groups is 2. The minimum atomic E-state index is -0.683. The molecule has 6 heteroatoms. The molecule has 0 fully saturated rings. The van der Waals surface area contributed by atoms with E-state index in [-0.39, 0.29) is 36.0 Å². The lowest BCUT2D eigenvalue weighted by Gasteiger charge is -2.32. The average Bonchev–Trinajstić information content (AvgIpc) is 2.84. The lowest BCUT2D eigenvalue weighted by atomic mass is 10.0. The van der Waals surface area contributed by atoms with Crippen LogP contribution in [0.3, 0.4) is 0 Å². The summed E-state index contributed by atoms with van der Waals surface area (Å²) in [5, 5.41) is 2.98. The van der Waals surface area contributed by atoms with Crippen molar-refractivity contribution in [2.24, 2.45) is 0 Å². The molecule has 0 saturated carbocycles. The van der Waals surface area contributed by atoms with E-state index in [4.69, 9.17) is 0 Å². The first kappa shape index (κ1) is 26.5. The summed E-state index contributed by atoms with van der Waals surface area (Å²) in [4.78, 5) is 28.5. The summed E-state index contributed by atoms with van der Waals surface area (Å²) in [7, 11) is 0. The second kappa shape index (κ2) is 13.1. The van der Waals surface area contributed by atoms with Gasteiger partial charge in [-0.05, 0) is 49.6 Å². The van der Waals surface area contributed by atoms with E-state index in [0.717, 1.165) is 16.7 Å². The van der Waals surface area contributed by atoms with E-state index >= 15 is 0 Å². The number of benzene rings is 3. The zero-order valence-electron chi connectivity index (χ0n) is 20.5. The second-order valence-electron chi connectivity index (χ2n) is 9.00. The Bertz CT molecular complexity index is 1090. The average molecular weight is 493 g/mol. The highest BCUT2D eigenvalue weighted by atomic mass is 32.2. The number of hydrogen-bond donors (Lipinski definition) is 1. The minimum Gasteiger partial charge on any atom is -0.352 e. The normalized spacial score (nSPS) is 11.8. The third-order valence-electron chi connectivity index (χ3n) is 5.58. The van der Waals surface area contributed by atoms with Crippen molar-refractivity contribution < 1.29 is 14.0 Å². The predicted molar refractivity (Wildman–Crippen MR) is 142 cm³/mol.